The molecule has 0 radical (unpaired) electrons. The van der Waals surface area contributed by atoms with Crippen molar-refractivity contribution in [2.45, 2.75) is 13.0 Å². The smallest absolute Gasteiger partial charge is 0.338 e. The summed E-state index contributed by atoms with van der Waals surface area (Å²) in [6.45, 7) is 1.28. The van der Waals surface area contributed by atoms with Crippen molar-refractivity contribution in [3.8, 4) is 0 Å². The summed E-state index contributed by atoms with van der Waals surface area (Å²) in [7, 11) is 1.88. The van der Waals surface area contributed by atoms with Gasteiger partial charge in [-0.15, -0.1) is 0 Å². The van der Waals surface area contributed by atoms with Crippen LogP contribution in [-0.4, -0.2) is 27.4 Å². The van der Waals surface area contributed by atoms with E-state index in [0.717, 1.165) is 18.7 Å². The van der Waals surface area contributed by atoms with Crippen LogP contribution in [0.2, 0.25) is 0 Å². The first-order chi connectivity index (χ1) is 8.65. The summed E-state index contributed by atoms with van der Waals surface area (Å²) in [5.41, 5.74) is 1.20. The summed E-state index contributed by atoms with van der Waals surface area (Å²) in [6.07, 6.45) is 3.98. The largest absolute Gasteiger partial charge is 0.478 e. The number of rotatable bonds is 6. The van der Waals surface area contributed by atoms with Crippen molar-refractivity contribution in [1.29, 1.82) is 0 Å². The lowest BCUT2D eigenvalue weighted by atomic mass is 10.3. The Kier molecular flexibility index (Phi) is 3.78. The molecule has 0 aromatic carbocycles. The molecule has 96 valence electrons. The quantitative estimate of drug-likeness (QED) is 0.748. The molecule has 0 aliphatic carbocycles. The normalized spacial score (nSPS) is 10.7. The Bertz CT molecular complexity index is 530. The van der Waals surface area contributed by atoms with Gasteiger partial charge in [0.1, 0.15) is 12.0 Å². The first kappa shape index (κ1) is 12.4. The minimum atomic E-state index is -0.974. The molecule has 0 spiro atoms. The van der Waals surface area contributed by atoms with Crippen LogP contribution in [0.15, 0.2) is 29.0 Å². The fourth-order valence-electron chi connectivity index (χ4n) is 1.61. The van der Waals surface area contributed by atoms with Gasteiger partial charge in [-0.1, -0.05) is 0 Å². The van der Waals surface area contributed by atoms with Crippen molar-refractivity contribution in [3.63, 3.8) is 0 Å². The first-order valence-corrected chi connectivity index (χ1v) is 5.65. The van der Waals surface area contributed by atoms with Crippen LogP contribution >= 0.6 is 0 Å². The van der Waals surface area contributed by atoms with Gasteiger partial charge in [-0.2, -0.15) is 5.10 Å². The number of carbonyl (C=O) groups is 1. The molecular formula is C12H15N3O3. The lowest BCUT2D eigenvalue weighted by molar-refractivity contribution is 0.0696. The van der Waals surface area contributed by atoms with Gasteiger partial charge >= 0.3 is 5.97 Å². The van der Waals surface area contributed by atoms with Gasteiger partial charge < -0.3 is 14.8 Å². The van der Waals surface area contributed by atoms with Crippen LogP contribution in [0.1, 0.15) is 21.8 Å². The Balaban J connectivity index is 1.73. The summed E-state index contributed by atoms with van der Waals surface area (Å²) >= 11 is 0. The van der Waals surface area contributed by atoms with Gasteiger partial charge in [0.05, 0.1) is 17.8 Å². The van der Waals surface area contributed by atoms with E-state index >= 15 is 0 Å². The fraction of sp³-hybridized carbons (Fsp3) is 0.333. The van der Waals surface area contributed by atoms with E-state index in [-0.39, 0.29) is 5.56 Å². The second-order valence-electron chi connectivity index (χ2n) is 4.01. The van der Waals surface area contributed by atoms with Crippen molar-refractivity contribution >= 4 is 5.97 Å². The minimum Gasteiger partial charge on any atom is -0.478 e. The maximum absolute atomic E-state index is 10.6. The molecule has 0 bridgehead atoms. The molecular weight excluding hydrogens is 234 g/mol. The lowest BCUT2D eigenvalue weighted by Gasteiger charge is -2.00. The van der Waals surface area contributed by atoms with Gasteiger partial charge in [0.2, 0.25) is 0 Å². The number of hydrogen-bond acceptors (Lipinski definition) is 4. The topological polar surface area (TPSA) is 80.3 Å². The van der Waals surface area contributed by atoms with E-state index in [0.29, 0.717) is 12.3 Å². The second-order valence-corrected chi connectivity index (χ2v) is 4.01. The van der Waals surface area contributed by atoms with Gasteiger partial charge in [-0.3, -0.25) is 4.68 Å². The van der Waals surface area contributed by atoms with Crippen LogP contribution in [0.5, 0.6) is 0 Å². The number of nitrogens with zero attached hydrogens (tertiary/aromatic N) is 2. The van der Waals surface area contributed by atoms with E-state index in [1.807, 2.05) is 19.3 Å². The zero-order chi connectivity index (χ0) is 13.0. The van der Waals surface area contributed by atoms with Crippen LogP contribution < -0.4 is 5.32 Å². The number of nitrogens with one attached hydrogen (secondary N) is 1. The molecule has 0 aliphatic heterocycles. The van der Waals surface area contributed by atoms with Crippen molar-refractivity contribution in [2.75, 3.05) is 6.54 Å². The third kappa shape index (κ3) is 3.21. The molecule has 2 aromatic heterocycles. The van der Waals surface area contributed by atoms with E-state index < -0.39 is 5.97 Å². The van der Waals surface area contributed by atoms with Crippen LogP contribution in [0.4, 0.5) is 0 Å². The third-order valence-corrected chi connectivity index (χ3v) is 2.53. The fourth-order valence-corrected chi connectivity index (χ4v) is 1.61. The molecule has 0 aliphatic rings. The second kappa shape index (κ2) is 5.50. The van der Waals surface area contributed by atoms with E-state index in [1.165, 1.54) is 12.3 Å². The molecule has 2 heterocycles. The number of aromatic carboxylic acids is 1. The Labute approximate surface area is 104 Å². The Morgan fingerprint density at radius 1 is 1.61 bits per heavy atom. The molecule has 18 heavy (non-hydrogen) atoms. The van der Waals surface area contributed by atoms with Gasteiger partial charge in [-0.05, 0) is 12.1 Å². The lowest BCUT2D eigenvalue weighted by Crippen LogP contribution is -2.16. The highest BCUT2D eigenvalue weighted by Crippen LogP contribution is 2.07. The van der Waals surface area contributed by atoms with Gasteiger partial charge in [0.25, 0.3) is 0 Å². The van der Waals surface area contributed by atoms with E-state index in [1.54, 1.807) is 4.68 Å². The molecule has 2 N–H and O–H groups in total. The molecule has 6 nitrogen and oxygen atoms in total. The Morgan fingerprint density at radius 2 is 2.44 bits per heavy atom. The maximum Gasteiger partial charge on any atom is 0.338 e. The average molecular weight is 249 g/mol. The molecule has 0 fully saturated rings. The minimum absolute atomic E-state index is 0.177. The standard InChI is InChI=1S/C12H15N3O3/c1-15-5-3-10(14-15)2-4-13-7-11-6-9(8-18-11)12(16)17/h3,5-6,8,13H,2,4,7H2,1H3,(H,16,17). The molecule has 0 amide bonds. The molecule has 2 rings (SSSR count). The predicted molar refractivity (Wildman–Crippen MR) is 64.3 cm³/mol. The average Bonchev–Trinajstić information content (AvgIpc) is 2.93. The van der Waals surface area contributed by atoms with E-state index in [9.17, 15) is 4.79 Å². The molecule has 0 unspecified atom stereocenters. The van der Waals surface area contributed by atoms with Crippen LogP contribution in [0.25, 0.3) is 0 Å². The number of hydrogen-bond donors (Lipinski definition) is 2. The SMILES string of the molecule is Cn1ccc(CCNCc2cc(C(=O)O)co2)n1. The predicted octanol–water partition coefficient (Wildman–Crippen LogP) is 1.04. The highest BCUT2D eigenvalue weighted by Gasteiger charge is 2.07. The number of furan rings is 1. The molecule has 2 aromatic rings. The van der Waals surface area contributed by atoms with Crippen molar-refractivity contribution in [1.82, 2.24) is 15.1 Å². The monoisotopic (exact) mass is 249 g/mol. The zero-order valence-electron chi connectivity index (χ0n) is 10.1. The summed E-state index contributed by atoms with van der Waals surface area (Å²) in [6, 6.07) is 3.49. The molecule has 0 atom stereocenters. The summed E-state index contributed by atoms with van der Waals surface area (Å²) < 4.78 is 6.88. The van der Waals surface area contributed by atoms with E-state index in [2.05, 4.69) is 10.4 Å². The highest BCUT2D eigenvalue weighted by molar-refractivity contribution is 5.87. The van der Waals surface area contributed by atoms with Crippen LogP contribution in [0.3, 0.4) is 0 Å². The molecule has 0 saturated heterocycles. The molecule has 6 heteroatoms. The van der Waals surface area contributed by atoms with Crippen molar-refractivity contribution in [2.24, 2.45) is 7.05 Å². The number of carboxylic acids is 1. The highest BCUT2D eigenvalue weighted by atomic mass is 16.4. The van der Waals surface area contributed by atoms with Crippen LogP contribution in [-0.2, 0) is 20.0 Å². The summed E-state index contributed by atoms with van der Waals surface area (Å²) in [4.78, 5) is 10.6. The summed E-state index contributed by atoms with van der Waals surface area (Å²) in [5.74, 6) is -0.355. The van der Waals surface area contributed by atoms with Crippen molar-refractivity contribution in [3.05, 3.63) is 41.6 Å². The number of aryl methyl sites for hydroxylation is 1. The Hall–Kier alpha value is -2.08. The summed E-state index contributed by atoms with van der Waals surface area (Å²) in [5, 5.41) is 16.2. The van der Waals surface area contributed by atoms with Crippen molar-refractivity contribution < 1.29 is 14.3 Å². The molecule has 0 saturated carbocycles. The van der Waals surface area contributed by atoms with E-state index in [4.69, 9.17) is 9.52 Å². The first-order valence-electron chi connectivity index (χ1n) is 5.65. The maximum atomic E-state index is 10.6. The van der Waals surface area contributed by atoms with Crippen LogP contribution in [0, 0.1) is 0 Å². The van der Waals surface area contributed by atoms with Gasteiger partial charge in [0, 0.05) is 26.2 Å². The zero-order valence-corrected chi connectivity index (χ0v) is 10.1. The van der Waals surface area contributed by atoms with Gasteiger partial charge in [0.15, 0.2) is 0 Å². The van der Waals surface area contributed by atoms with Gasteiger partial charge in [-0.25, -0.2) is 4.79 Å². The Morgan fingerprint density at radius 3 is 3.06 bits per heavy atom. The number of aromatic nitrogens is 2. The number of carboxylic acid groups (broad SMARTS) is 1. The third-order valence-electron chi connectivity index (χ3n) is 2.53.